The highest BCUT2D eigenvalue weighted by Gasteiger charge is 2.21. The number of carbonyl (C=O) groups excluding carboxylic acids is 2. The zero-order valence-corrected chi connectivity index (χ0v) is 19.5. The summed E-state index contributed by atoms with van der Waals surface area (Å²) in [5, 5.41) is 3.07. The van der Waals surface area contributed by atoms with Gasteiger partial charge in [0, 0.05) is 32.1 Å². The first-order chi connectivity index (χ1) is 15.0. The maximum absolute atomic E-state index is 13.0. The number of likely N-dealkylation sites (N-methyl/N-ethyl adjacent to an activating group) is 1. The Labute approximate surface area is 192 Å². The van der Waals surface area contributed by atoms with E-state index in [-0.39, 0.29) is 36.7 Å². The van der Waals surface area contributed by atoms with Gasteiger partial charge in [0.05, 0.1) is 24.2 Å². The second-order valence-corrected chi connectivity index (χ2v) is 9.51. The van der Waals surface area contributed by atoms with Crippen molar-refractivity contribution in [2.75, 3.05) is 39.6 Å². The van der Waals surface area contributed by atoms with Crippen molar-refractivity contribution in [1.82, 2.24) is 9.21 Å². The Morgan fingerprint density at radius 2 is 1.78 bits per heavy atom. The van der Waals surface area contributed by atoms with Crippen LogP contribution in [0.15, 0.2) is 47.4 Å². The number of nitrogens with zero attached hydrogens (tertiary/aromatic N) is 2. The highest BCUT2D eigenvalue weighted by molar-refractivity contribution is 7.89. The summed E-state index contributed by atoms with van der Waals surface area (Å²) in [4.78, 5) is 25.8. The topological polar surface area (TPSA) is 96.0 Å². The Morgan fingerprint density at radius 3 is 2.41 bits per heavy atom. The molecule has 2 aromatic rings. The molecule has 2 aromatic carbocycles. The lowest BCUT2D eigenvalue weighted by Gasteiger charge is -2.19. The Balaban J connectivity index is 1.84. The number of anilines is 1. The Morgan fingerprint density at radius 1 is 1.12 bits per heavy atom. The molecule has 2 amide bonds. The van der Waals surface area contributed by atoms with Crippen LogP contribution in [0.25, 0.3) is 0 Å². The van der Waals surface area contributed by atoms with Crippen molar-refractivity contribution < 1.29 is 27.1 Å². The van der Waals surface area contributed by atoms with E-state index in [2.05, 4.69) is 5.32 Å². The summed E-state index contributed by atoms with van der Waals surface area (Å²) in [6.07, 6.45) is 0.303. The smallest absolute Gasteiger partial charge is 0.244 e. The van der Waals surface area contributed by atoms with Crippen LogP contribution in [0.5, 0.6) is 5.75 Å². The maximum atomic E-state index is 13.0. The zero-order valence-electron chi connectivity index (χ0n) is 18.0. The molecule has 0 saturated heterocycles. The largest absolute Gasteiger partial charge is 0.495 e. The molecule has 8 nitrogen and oxygen atoms in total. The molecule has 0 aromatic heterocycles. The zero-order chi connectivity index (χ0) is 23.9. The normalized spacial score (nSPS) is 11.3. The number of sulfonamides is 1. The summed E-state index contributed by atoms with van der Waals surface area (Å²) in [5.41, 5.74) is 0.387. The lowest BCUT2D eigenvalue weighted by atomic mass is 10.2. The second-order valence-electron chi connectivity index (χ2n) is 7.03. The van der Waals surface area contributed by atoms with Gasteiger partial charge in [-0.3, -0.25) is 9.59 Å². The molecule has 0 spiro atoms. The van der Waals surface area contributed by atoms with E-state index >= 15 is 0 Å². The number of nitrogens with one attached hydrogen (secondary N) is 1. The first kappa shape index (κ1) is 25.6. The van der Waals surface area contributed by atoms with E-state index in [4.69, 9.17) is 16.3 Å². The van der Waals surface area contributed by atoms with Gasteiger partial charge in [0.1, 0.15) is 11.6 Å². The van der Waals surface area contributed by atoms with Crippen molar-refractivity contribution in [1.29, 1.82) is 0 Å². The van der Waals surface area contributed by atoms with Gasteiger partial charge in [-0.2, -0.15) is 0 Å². The van der Waals surface area contributed by atoms with Crippen LogP contribution in [0, 0.1) is 5.82 Å². The monoisotopic (exact) mass is 485 g/mol. The van der Waals surface area contributed by atoms with E-state index in [0.717, 1.165) is 16.4 Å². The number of ether oxygens (including phenoxy) is 1. The van der Waals surface area contributed by atoms with Gasteiger partial charge < -0.3 is 15.0 Å². The number of rotatable bonds is 10. The average molecular weight is 486 g/mol. The molecular weight excluding hydrogens is 461 g/mol. The molecule has 1 N–H and O–H groups in total. The highest BCUT2D eigenvalue weighted by Crippen LogP contribution is 2.27. The summed E-state index contributed by atoms with van der Waals surface area (Å²) >= 11 is 5.94. The third-order valence-corrected chi connectivity index (χ3v) is 6.73. The number of hydrogen-bond acceptors (Lipinski definition) is 5. The number of methoxy groups -OCH3 is 1. The van der Waals surface area contributed by atoms with Crippen molar-refractivity contribution >= 4 is 39.1 Å². The van der Waals surface area contributed by atoms with E-state index in [0.29, 0.717) is 16.5 Å². The Hall–Kier alpha value is -2.69. The summed E-state index contributed by atoms with van der Waals surface area (Å²) in [7, 11) is 0.547. The van der Waals surface area contributed by atoms with Crippen LogP contribution in [-0.2, 0) is 19.6 Å². The molecule has 32 heavy (non-hydrogen) atoms. The van der Waals surface area contributed by atoms with Gasteiger partial charge in [-0.05, 0) is 48.9 Å². The predicted octanol–water partition coefficient (Wildman–Crippen LogP) is 2.99. The van der Waals surface area contributed by atoms with Gasteiger partial charge in [-0.15, -0.1) is 0 Å². The van der Waals surface area contributed by atoms with Gasteiger partial charge in [0.25, 0.3) is 0 Å². The third-order valence-electron chi connectivity index (χ3n) is 4.63. The molecule has 0 atom stereocenters. The maximum Gasteiger partial charge on any atom is 0.244 e. The molecule has 0 heterocycles. The molecule has 0 saturated carbocycles. The van der Waals surface area contributed by atoms with Gasteiger partial charge >= 0.3 is 0 Å². The van der Waals surface area contributed by atoms with E-state index in [1.807, 2.05) is 0 Å². The van der Waals surface area contributed by atoms with Crippen LogP contribution in [-0.4, -0.2) is 63.7 Å². The predicted molar refractivity (Wildman–Crippen MR) is 120 cm³/mol. The first-order valence-corrected chi connectivity index (χ1v) is 11.5. The molecule has 0 bridgehead atoms. The van der Waals surface area contributed by atoms with Gasteiger partial charge in [-0.1, -0.05) is 11.6 Å². The number of halogens is 2. The quantitative estimate of drug-likeness (QED) is 0.558. The number of carbonyl (C=O) groups is 2. The van der Waals surface area contributed by atoms with Crippen LogP contribution in [0.3, 0.4) is 0 Å². The summed E-state index contributed by atoms with van der Waals surface area (Å²) < 4.78 is 44.3. The van der Waals surface area contributed by atoms with Crippen LogP contribution in [0.1, 0.15) is 12.8 Å². The van der Waals surface area contributed by atoms with Crippen LogP contribution in [0.2, 0.25) is 5.02 Å². The van der Waals surface area contributed by atoms with E-state index in [1.54, 1.807) is 12.1 Å². The number of amides is 2. The Kier molecular flexibility index (Phi) is 8.99. The van der Waals surface area contributed by atoms with Crippen LogP contribution >= 0.6 is 11.6 Å². The molecule has 11 heteroatoms. The molecule has 0 aliphatic heterocycles. The van der Waals surface area contributed by atoms with Crippen LogP contribution in [0.4, 0.5) is 10.1 Å². The fourth-order valence-electron chi connectivity index (χ4n) is 2.82. The third kappa shape index (κ3) is 6.91. The SMILES string of the molecule is COc1ccc(Cl)cc1NC(=O)CN(C)C(=O)CCCN(C)S(=O)(=O)c1ccc(F)cc1. The molecule has 174 valence electrons. The minimum atomic E-state index is -3.78. The van der Waals surface area contributed by atoms with Gasteiger partial charge in [-0.25, -0.2) is 17.1 Å². The van der Waals surface area contributed by atoms with E-state index < -0.39 is 21.7 Å². The van der Waals surface area contributed by atoms with Crippen molar-refractivity contribution in [2.45, 2.75) is 17.7 Å². The van der Waals surface area contributed by atoms with Gasteiger partial charge in [0.2, 0.25) is 21.8 Å². The molecule has 0 aliphatic rings. The number of benzene rings is 2. The number of hydrogen-bond donors (Lipinski definition) is 1. The van der Waals surface area contributed by atoms with E-state index in [9.17, 15) is 22.4 Å². The lowest BCUT2D eigenvalue weighted by Crippen LogP contribution is -2.35. The molecule has 0 radical (unpaired) electrons. The molecular formula is C21H25ClFN3O5S. The summed E-state index contributed by atoms with van der Waals surface area (Å²) in [6, 6.07) is 9.30. The summed E-state index contributed by atoms with van der Waals surface area (Å²) in [5.74, 6) is -0.844. The highest BCUT2D eigenvalue weighted by atomic mass is 35.5. The minimum Gasteiger partial charge on any atom is -0.495 e. The first-order valence-electron chi connectivity index (χ1n) is 9.64. The molecule has 0 unspecified atom stereocenters. The summed E-state index contributed by atoms with van der Waals surface area (Å²) in [6.45, 7) is -0.108. The average Bonchev–Trinajstić information content (AvgIpc) is 2.73. The van der Waals surface area contributed by atoms with Crippen LogP contribution < -0.4 is 10.1 Å². The minimum absolute atomic E-state index is 0.0297. The fraction of sp³-hybridized carbons (Fsp3) is 0.333. The van der Waals surface area contributed by atoms with Crippen molar-refractivity contribution in [2.24, 2.45) is 0 Å². The van der Waals surface area contributed by atoms with Gasteiger partial charge in [0.15, 0.2) is 0 Å². The second kappa shape index (κ2) is 11.3. The van der Waals surface area contributed by atoms with Crippen molar-refractivity contribution in [3.05, 3.63) is 53.3 Å². The fourth-order valence-corrected chi connectivity index (χ4v) is 4.20. The van der Waals surface area contributed by atoms with E-state index in [1.165, 1.54) is 44.3 Å². The molecule has 0 aliphatic carbocycles. The standard InChI is InChI=1S/C21H25ClFN3O5S/c1-25(14-20(27)24-18-13-15(22)6-11-19(18)31-3)21(28)5-4-12-26(2)32(29,30)17-9-7-16(23)8-10-17/h6-11,13H,4-5,12,14H2,1-3H3,(H,24,27). The van der Waals surface area contributed by atoms with Crippen molar-refractivity contribution in [3.63, 3.8) is 0 Å². The lowest BCUT2D eigenvalue weighted by molar-refractivity contribution is -0.133. The van der Waals surface area contributed by atoms with Crippen molar-refractivity contribution in [3.8, 4) is 5.75 Å². The Bertz CT molecular complexity index is 1060. The molecule has 0 fully saturated rings. The molecule has 2 rings (SSSR count).